The van der Waals surface area contributed by atoms with Gasteiger partial charge < -0.3 is 10.1 Å². The summed E-state index contributed by atoms with van der Waals surface area (Å²) in [6, 6.07) is 7.99. The van der Waals surface area contributed by atoms with Crippen molar-refractivity contribution in [1.82, 2.24) is 14.7 Å². The van der Waals surface area contributed by atoms with Gasteiger partial charge in [0.25, 0.3) is 0 Å². The van der Waals surface area contributed by atoms with Gasteiger partial charge in [-0.2, -0.15) is 10.2 Å². The SMILES string of the molecule is CNS(=O)(=O)c1ccc(Nc2ncc(C#N)c(OC)n2)cc1. The molecule has 2 rings (SSSR count). The predicted molar refractivity (Wildman–Crippen MR) is 79.3 cm³/mol. The molecule has 0 atom stereocenters. The Morgan fingerprint density at radius 1 is 1.27 bits per heavy atom. The molecule has 22 heavy (non-hydrogen) atoms. The van der Waals surface area contributed by atoms with Crippen molar-refractivity contribution < 1.29 is 13.2 Å². The average Bonchev–Trinajstić information content (AvgIpc) is 2.55. The van der Waals surface area contributed by atoms with E-state index in [1.165, 1.54) is 32.5 Å². The monoisotopic (exact) mass is 319 g/mol. The van der Waals surface area contributed by atoms with Crippen LogP contribution >= 0.6 is 0 Å². The first-order valence-corrected chi connectivity index (χ1v) is 7.60. The van der Waals surface area contributed by atoms with Crippen molar-refractivity contribution in [3.05, 3.63) is 36.0 Å². The fourth-order valence-corrected chi connectivity index (χ4v) is 2.35. The Bertz CT molecular complexity index is 813. The number of methoxy groups -OCH3 is 1. The van der Waals surface area contributed by atoms with Gasteiger partial charge in [0.1, 0.15) is 11.6 Å². The Labute approximate surface area is 127 Å². The highest BCUT2D eigenvalue weighted by Gasteiger charge is 2.11. The maximum Gasteiger partial charge on any atom is 0.240 e. The molecule has 1 heterocycles. The van der Waals surface area contributed by atoms with E-state index in [-0.39, 0.29) is 22.3 Å². The lowest BCUT2D eigenvalue weighted by Crippen LogP contribution is -2.18. The van der Waals surface area contributed by atoms with Crippen LogP contribution in [0.1, 0.15) is 5.56 Å². The molecule has 0 aliphatic carbocycles. The molecule has 1 aromatic carbocycles. The van der Waals surface area contributed by atoms with Crippen LogP contribution in [0.4, 0.5) is 11.6 Å². The van der Waals surface area contributed by atoms with Gasteiger partial charge in [-0.05, 0) is 31.3 Å². The first-order chi connectivity index (χ1) is 10.5. The van der Waals surface area contributed by atoms with Crippen LogP contribution < -0.4 is 14.8 Å². The van der Waals surface area contributed by atoms with Crippen LogP contribution in [0, 0.1) is 11.3 Å². The van der Waals surface area contributed by atoms with E-state index in [0.717, 1.165) is 0 Å². The summed E-state index contributed by atoms with van der Waals surface area (Å²) in [6.07, 6.45) is 1.34. The summed E-state index contributed by atoms with van der Waals surface area (Å²) in [7, 11) is -0.720. The number of sulfonamides is 1. The molecular weight excluding hydrogens is 306 g/mol. The summed E-state index contributed by atoms with van der Waals surface area (Å²) in [6.45, 7) is 0. The highest BCUT2D eigenvalue weighted by Crippen LogP contribution is 2.19. The number of nitrogens with one attached hydrogen (secondary N) is 2. The van der Waals surface area contributed by atoms with Gasteiger partial charge >= 0.3 is 0 Å². The molecule has 0 saturated carbocycles. The van der Waals surface area contributed by atoms with Crippen LogP contribution in [0.2, 0.25) is 0 Å². The molecule has 0 radical (unpaired) electrons. The lowest BCUT2D eigenvalue weighted by Gasteiger charge is -2.08. The highest BCUT2D eigenvalue weighted by molar-refractivity contribution is 7.89. The van der Waals surface area contributed by atoms with Gasteiger partial charge in [-0.25, -0.2) is 18.1 Å². The van der Waals surface area contributed by atoms with Gasteiger partial charge in [-0.1, -0.05) is 0 Å². The standard InChI is InChI=1S/C13H13N5O3S/c1-15-22(19,20)11-5-3-10(4-6-11)17-13-16-8-9(7-14)12(18-13)21-2/h3-6,8,15H,1-2H3,(H,16,17,18). The van der Waals surface area contributed by atoms with E-state index in [1.807, 2.05) is 6.07 Å². The third-order valence-corrected chi connectivity index (χ3v) is 4.19. The van der Waals surface area contributed by atoms with Crippen LogP contribution in [-0.2, 0) is 10.0 Å². The quantitative estimate of drug-likeness (QED) is 0.844. The molecule has 0 spiro atoms. The predicted octanol–water partition coefficient (Wildman–Crippen LogP) is 1.01. The van der Waals surface area contributed by atoms with Crippen LogP contribution in [0.25, 0.3) is 0 Å². The molecule has 0 bridgehead atoms. The summed E-state index contributed by atoms with van der Waals surface area (Å²) < 4.78 is 30.5. The van der Waals surface area contributed by atoms with Gasteiger partial charge in [0, 0.05) is 5.69 Å². The number of hydrogen-bond donors (Lipinski definition) is 2. The van der Waals surface area contributed by atoms with Gasteiger partial charge in [-0.3, -0.25) is 0 Å². The van der Waals surface area contributed by atoms with Crippen LogP contribution in [0.15, 0.2) is 35.4 Å². The Morgan fingerprint density at radius 2 is 1.95 bits per heavy atom. The number of hydrogen-bond acceptors (Lipinski definition) is 7. The summed E-state index contributed by atoms with van der Waals surface area (Å²) in [4.78, 5) is 8.18. The molecule has 0 fully saturated rings. The summed E-state index contributed by atoms with van der Waals surface area (Å²) in [5.41, 5.74) is 0.824. The van der Waals surface area contributed by atoms with E-state index in [0.29, 0.717) is 5.69 Å². The molecule has 114 valence electrons. The minimum Gasteiger partial charge on any atom is -0.480 e. The fourth-order valence-electron chi connectivity index (χ4n) is 1.62. The molecule has 8 nitrogen and oxygen atoms in total. The van der Waals surface area contributed by atoms with Crippen molar-refractivity contribution in [2.45, 2.75) is 4.90 Å². The van der Waals surface area contributed by atoms with E-state index in [2.05, 4.69) is 20.0 Å². The van der Waals surface area contributed by atoms with Crippen molar-refractivity contribution >= 4 is 21.7 Å². The van der Waals surface area contributed by atoms with E-state index in [9.17, 15) is 8.42 Å². The second-order valence-corrected chi connectivity index (χ2v) is 5.97. The lowest BCUT2D eigenvalue weighted by atomic mass is 10.3. The molecule has 0 unspecified atom stereocenters. The second kappa shape index (κ2) is 6.38. The summed E-state index contributed by atoms with van der Waals surface area (Å²) in [5, 5.41) is 11.8. The van der Waals surface area contributed by atoms with Gasteiger partial charge in [0.2, 0.25) is 21.9 Å². The Balaban J connectivity index is 2.23. The molecule has 2 aromatic rings. The van der Waals surface area contributed by atoms with E-state index in [1.54, 1.807) is 12.1 Å². The van der Waals surface area contributed by atoms with E-state index >= 15 is 0 Å². The Kier molecular flexibility index (Phi) is 4.55. The zero-order valence-electron chi connectivity index (χ0n) is 11.9. The molecule has 0 amide bonds. The molecule has 2 N–H and O–H groups in total. The largest absolute Gasteiger partial charge is 0.480 e. The normalized spacial score (nSPS) is 10.8. The molecule has 0 saturated heterocycles. The van der Waals surface area contributed by atoms with Crippen LogP contribution in [0.3, 0.4) is 0 Å². The smallest absolute Gasteiger partial charge is 0.240 e. The average molecular weight is 319 g/mol. The second-order valence-electron chi connectivity index (χ2n) is 4.09. The number of ether oxygens (including phenoxy) is 1. The third kappa shape index (κ3) is 3.30. The third-order valence-electron chi connectivity index (χ3n) is 2.76. The number of nitriles is 1. The Hall–Kier alpha value is -2.70. The zero-order valence-corrected chi connectivity index (χ0v) is 12.7. The summed E-state index contributed by atoms with van der Waals surface area (Å²) >= 11 is 0. The number of aromatic nitrogens is 2. The highest BCUT2D eigenvalue weighted by atomic mass is 32.2. The lowest BCUT2D eigenvalue weighted by molar-refractivity contribution is 0.396. The van der Waals surface area contributed by atoms with E-state index < -0.39 is 10.0 Å². The molecular formula is C13H13N5O3S. The minimum absolute atomic E-state index is 0.152. The van der Waals surface area contributed by atoms with E-state index in [4.69, 9.17) is 10.00 Å². The van der Waals surface area contributed by atoms with Crippen molar-refractivity contribution in [3.8, 4) is 11.9 Å². The number of nitrogens with zero attached hydrogens (tertiary/aromatic N) is 3. The van der Waals surface area contributed by atoms with Crippen LogP contribution in [0.5, 0.6) is 5.88 Å². The molecule has 0 aliphatic rings. The first kappa shape index (κ1) is 15.7. The molecule has 0 aliphatic heterocycles. The topological polar surface area (TPSA) is 117 Å². The number of anilines is 2. The minimum atomic E-state index is -3.47. The summed E-state index contributed by atoms with van der Waals surface area (Å²) in [5.74, 6) is 0.398. The fraction of sp³-hybridized carbons (Fsp3) is 0.154. The van der Waals surface area contributed by atoms with Gasteiger partial charge in [-0.15, -0.1) is 0 Å². The number of benzene rings is 1. The first-order valence-electron chi connectivity index (χ1n) is 6.12. The molecule has 1 aromatic heterocycles. The number of rotatable bonds is 5. The van der Waals surface area contributed by atoms with Crippen molar-refractivity contribution in [2.75, 3.05) is 19.5 Å². The van der Waals surface area contributed by atoms with Crippen molar-refractivity contribution in [1.29, 1.82) is 5.26 Å². The van der Waals surface area contributed by atoms with Gasteiger partial charge in [0.15, 0.2) is 0 Å². The zero-order chi connectivity index (χ0) is 16.2. The maximum absolute atomic E-state index is 11.6. The maximum atomic E-state index is 11.6. The van der Waals surface area contributed by atoms with Crippen molar-refractivity contribution in [3.63, 3.8) is 0 Å². The van der Waals surface area contributed by atoms with Crippen LogP contribution in [-0.4, -0.2) is 32.5 Å². The van der Waals surface area contributed by atoms with Gasteiger partial charge in [0.05, 0.1) is 18.2 Å². The molecule has 9 heteroatoms. The van der Waals surface area contributed by atoms with Crippen molar-refractivity contribution in [2.24, 2.45) is 0 Å². The Morgan fingerprint density at radius 3 is 2.50 bits per heavy atom.